The molecular formula is C14H25N3. The van der Waals surface area contributed by atoms with Crippen molar-refractivity contribution in [2.24, 2.45) is 11.1 Å². The molecule has 1 aliphatic rings. The van der Waals surface area contributed by atoms with Gasteiger partial charge in [-0.25, -0.2) is 0 Å². The van der Waals surface area contributed by atoms with Gasteiger partial charge in [-0.2, -0.15) is 0 Å². The summed E-state index contributed by atoms with van der Waals surface area (Å²) in [6.45, 7) is 12.3. The summed E-state index contributed by atoms with van der Waals surface area (Å²) in [6.07, 6.45) is 7.97. The van der Waals surface area contributed by atoms with Gasteiger partial charge in [0.2, 0.25) is 0 Å². The lowest BCUT2D eigenvalue weighted by Crippen LogP contribution is -2.36. The van der Waals surface area contributed by atoms with Crippen molar-refractivity contribution in [1.29, 1.82) is 0 Å². The molecule has 1 rings (SSSR count). The minimum absolute atomic E-state index is 0.309. The van der Waals surface area contributed by atoms with Crippen LogP contribution in [0.5, 0.6) is 0 Å². The van der Waals surface area contributed by atoms with Crippen LogP contribution in [0.15, 0.2) is 37.0 Å². The summed E-state index contributed by atoms with van der Waals surface area (Å²) in [6, 6.07) is 0. The predicted molar refractivity (Wildman–Crippen MR) is 74.9 cm³/mol. The maximum atomic E-state index is 5.88. The zero-order chi connectivity index (χ0) is 12.6. The number of hydrogen-bond donors (Lipinski definition) is 3. The molecule has 17 heavy (non-hydrogen) atoms. The second-order valence-corrected chi connectivity index (χ2v) is 4.74. The van der Waals surface area contributed by atoms with Crippen molar-refractivity contribution in [2.45, 2.75) is 12.8 Å². The highest BCUT2D eigenvalue weighted by atomic mass is 14.9. The zero-order valence-corrected chi connectivity index (χ0v) is 10.7. The third-order valence-corrected chi connectivity index (χ3v) is 3.52. The zero-order valence-electron chi connectivity index (χ0n) is 10.7. The quantitative estimate of drug-likeness (QED) is 0.438. The fourth-order valence-corrected chi connectivity index (χ4v) is 2.22. The molecule has 3 heteroatoms. The van der Waals surface area contributed by atoms with E-state index in [0.717, 1.165) is 39.1 Å². The number of allylic oxidation sites excluding steroid dienone is 2. The molecule has 1 fully saturated rings. The summed E-state index contributed by atoms with van der Waals surface area (Å²) in [4.78, 5) is 0. The standard InChI is InChI=1S/C14H25N3/c1-3-5-13(4-2)10-16-8-6-14(11-15)7-9-17-12-14/h3-5,16-17H,1-2,6-12,15H2/b13-5+. The smallest absolute Gasteiger partial charge is 0.0205 e. The van der Waals surface area contributed by atoms with E-state index < -0.39 is 0 Å². The molecule has 0 saturated carbocycles. The molecule has 1 unspecified atom stereocenters. The molecule has 0 radical (unpaired) electrons. The Morgan fingerprint density at radius 2 is 2.29 bits per heavy atom. The summed E-state index contributed by atoms with van der Waals surface area (Å²) in [5.74, 6) is 0. The van der Waals surface area contributed by atoms with E-state index in [1.807, 2.05) is 12.2 Å². The minimum atomic E-state index is 0.309. The summed E-state index contributed by atoms with van der Waals surface area (Å²) < 4.78 is 0. The highest BCUT2D eigenvalue weighted by Crippen LogP contribution is 2.27. The third kappa shape index (κ3) is 4.46. The van der Waals surface area contributed by atoms with Crippen LogP contribution in [-0.4, -0.2) is 32.7 Å². The monoisotopic (exact) mass is 235 g/mol. The molecule has 1 heterocycles. The van der Waals surface area contributed by atoms with Crippen LogP contribution in [0.2, 0.25) is 0 Å². The van der Waals surface area contributed by atoms with Crippen LogP contribution in [0.4, 0.5) is 0 Å². The lowest BCUT2D eigenvalue weighted by atomic mass is 9.84. The second kappa shape index (κ2) is 7.43. The topological polar surface area (TPSA) is 50.1 Å². The molecule has 0 aromatic rings. The average Bonchev–Trinajstić information content (AvgIpc) is 2.82. The fourth-order valence-electron chi connectivity index (χ4n) is 2.22. The van der Waals surface area contributed by atoms with Gasteiger partial charge >= 0.3 is 0 Å². The predicted octanol–water partition coefficient (Wildman–Crippen LogP) is 1.20. The first-order valence-electron chi connectivity index (χ1n) is 6.32. The van der Waals surface area contributed by atoms with Crippen molar-refractivity contribution in [3.05, 3.63) is 37.0 Å². The maximum Gasteiger partial charge on any atom is 0.0205 e. The normalized spacial score (nSPS) is 24.9. The van der Waals surface area contributed by atoms with E-state index in [4.69, 9.17) is 5.73 Å². The molecule has 0 aliphatic carbocycles. The van der Waals surface area contributed by atoms with E-state index in [1.165, 1.54) is 12.0 Å². The SMILES string of the molecule is C=C/C=C(\C=C)CNCCC1(CN)CCNC1. The van der Waals surface area contributed by atoms with E-state index >= 15 is 0 Å². The van der Waals surface area contributed by atoms with Crippen molar-refractivity contribution in [2.75, 3.05) is 32.7 Å². The Morgan fingerprint density at radius 3 is 2.82 bits per heavy atom. The van der Waals surface area contributed by atoms with Gasteiger partial charge in [-0.1, -0.05) is 31.4 Å². The highest BCUT2D eigenvalue weighted by Gasteiger charge is 2.31. The van der Waals surface area contributed by atoms with Gasteiger partial charge in [0.05, 0.1) is 0 Å². The summed E-state index contributed by atoms with van der Waals surface area (Å²) in [7, 11) is 0. The lowest BCUT2D eigenvalue weighted by molar-refractivity contribution is 0.303. The molecule has 0 amide bonds. The molecule has 1 aliphatic heterocycles. The van der Waals surface area contributed by atoms with Gasteiger partial charge in [-0.15, -0.1) is 0 Å². The number of nitrogens with two attached hydrogens (primary N) is 1. The molecule has 1 atom stereocenters. The van der Waals surface area contributed by atoms with Gasteiger partial charge in [0.25, 0.3) is 0 Å². The molecule has 96 valence electrons. The Labute approximate surface area is 105 Å². The number of hydrogen-bond acceptors (Lipinski definition) is 3. The van der Waals surface area contributed by atoms with Gasteiger partial charge in [0.1, 0.15) is 0 Å². The van der Waals surface area contributed by atoms with E-state index in [2.05, 4.69) is 23.8 Å². The summed E-state index contributed by atoms with van der Waals surface area (Å²) >= 11 is 0. The number of rotatable bonds is 8. The molecular weight excluding hydrogens is 210 g/mol. The molecule has 0 spiro atoms. The van der Waals surface area contributed by atoms with Crippen molar-refractivity contribution >= 4 is 0 Å². The van der Waals surface area contributed by atoms with Crippen LogP contribution >= 0.6 is 0 Å². The van der Waals surface area contributed by atoms with Crippen LogP contribution in [-0.2, 0) is 0 Å². The maximum absolute atomic E-state index is 5.88. The van der Waals surface area contributed by atoms with E-state index in [1.54, 1.807) is 6.08 Å². The van der Waals surface area contributed by atoms with Gasteiger partial charge in [0, 0.05) is 13.1 Å². The van der Waals surface area contributed by atoms with Crippen molar-refractivity contribution in [3.8, 4) is 0 Å². The van der Waals surface area contributed by atoms with Crippen molar-refractivity contribution in [1.82, 2.24) is 10.6 Å². The second-order valence-electron chi connectivity index (χ2n) is 4.74. The Bertz CT molecular complexity index is 275. The largest absolute Gasteiger partial charge is 0.330 e. The summed E-state index contributed by atoms with van der Waals surface area (Å²) in [5, 5.41) is 6.83. The molecule has 0 bridgehead atoms. The van der Waals surface area contributed by atoms with Crippen molar-refractivity contribution < 1.29 is 0 Å². The van der Waals surface area contributed by atoms with E-state index in [-0.39, 0.29) is 0 Å². The van der Waals surface area contributed by atoms with Gasteiger partial charge in [-0.3, -0.25) is 0 Å². The van der Waals surface area contributed by atoms with Crippen LogP contribution < -0.4 is 16.4 Å². The summed E-state index contributed by atoms with van der Waals surface area (Å²) in [5.41, 5.74) is 7.36. The molecule has 1 saturated heterocycles. The molecule has 4 N–H and O–H groups in total. The molecule has 0 aromatic carbocycles. The van der Waals surface area contributed by atoms with Crippen LogP contribution in [0.25, 0.3) is 0 Å². The Balaban J connectivity index is 2.25. The Kier molecular flexibility index (Phi) is 6.19. The number of nitrogens with one attached hydrogen (secondary N) is 2. The first kappa shape index (κ1) is 14.2. The van der Waals surface area contributed by atoms with Crippen molar-refractivity contribution in [3.63, 3.8) is 0 Å². The van der Waals surface area contributed by atoms with E-state index in [0.29, 0.717) is 5.41 Å². The van der Waals surface area contributed by atoms with Crippen LogP contribution in [0.3, 0.4) is 0 Å². The fraction of sp³-hybridized carbons (Fsp3) is 0.571. The Hall–Kier alpha value is -0.900. The van der Waals surface area contributed by atoms with Gasteiger partial charge in [0.15, 0.2) is 0 Å². The Morgan fingerprint density at radius 1 is 1.47 bits per heavy atom. The van der Waals surface area contributed by atoms with Gasteiger partial charge in [-0.05, 0) is 43.5 Å². The molecule has 0 aromatic heterocycles. The van der Waals surface area contributed by atoms with Gasteiger partial charge < -0.3 is 16.4 Å². The first-order chi connectivity index (χ1) is 8.26. The average molecular weight is 235 g/mol. The molecule has 3 nitrogen and oxygen atoms in total. The van der Waals surface area contributed by atoms with E-state index in [9.17, 15) is 0 Å². The lowest BCUT2D eigenvalue weighted by Gasteiger charge is -2.26. The van der Waals surface area contributed by atoms with Crippen LogP contribution in [0, 0.1) is 5.41 Å². The highest BCUT2D eigenvalue weighted by molar-refractivity contribution is 5.22. The van der Waals surface area contributed by atoms with Crippen LogP contribution in [0.1, 0.15) is 12.8 Å². The first-order valence-corrected chi connectivity index (χ1v) is 6.32. The minimum Gasteiger partial charge on any atom is -0.330 e. The third-order valence-electron chi connectivity index (χ3n) is 3.52.